The molecule has 2 amide bonds. The second kappa shape index (κ2) is 7.67. The normalized spacial score (nSPS) is 10.9. The highest BCUT2D eigenvalue weighted by Crippen LogP contribution is 2.19. The first-order valence-corrected chi connectivity index (χ1v) is 7.10. The van der Waals surface area contributed by atoms with Gasteiger partial charge in [-0.15, -0.1) is 0 Å². The first-order chi connectivity index (χ1) is 9.81. The molecular formula is C16H24N2O3. The molecule has 5 nitrogen and oxygen atoms in total. The third kappa shape index (κ3) is 6.79. The Balaban J connectivity index is 2.62. The summed E-state index contributed by atoms with van der Waals surface area (Å²) in [6.45, 7) is 5.46. The Morgan fingerprint density at radius 1 is 1.19 bits per heavy atom. The summed E-state index contributed by atoms with van der Waals surface area (Å²) in [5, 5.41) is 5.35. The maximum absolute atomic E-state index is 11.8. The summed E-state index contributed by atoms with van der Waals surface area (Å²) < 4.78 is 5.24. The quantitative estimate of drug-likeness (QED) is 0.876. The van der Waals surface area contributed by atoms with E-state index in [-0.39, 0.29) is 5.91 Å². The van der Waals surface area contributed by atoms with Crippen LogP contribution in [0.5, 0.6) is 0 Å². The summed E-state index contributed by atoms with van der Waals surface area (Å²) in [6.07, 6.45) is 1.45. The highest BCUT2D eigenvalue weighted by atomic mass is 16.6. The number of hydrogen-bond acceptors (Lipinski definition) is 3. The minimum absolute atomic E-state index is 0.0209. The van der Waals surface area contributed by atoms with Gasteiger partial charge in [0.25, 0.3) is 0 Å². The predicted octanol–water partition coefficient (Wildman–Crippen LogP) is 3.10. The molecule has 0 aliphatic rings. The molecule has 2 N–H and O–H groups in total. The molecule has 0 unspecified atom stereocenters. The average molecular weight is 292 g/mol. The molecule has 0 radical (unpaired) electrons. The number of hydrogen-bond donors (Lipinski definition) is 2. The molecule has 0 aliphatic carbocycles. The minimum Gasteiger partial charge on any atom is -0.444 e. The van der Waals surface area contributed by atoms with Crippen LogP contribution in [0.4, 0.5) is 10.5 Å². The van der Waals surface area contributed by atoms with Crippen molar-refractivity contribution in [3.8, 4) is 0 Å². The fraction of sp³-hybridized carbons (Fsp3) is 0.500. The Kier molecular flexibility index (Phi) is 6.21. The lowest BCUT2D eigenvalue weighted by Crippen LogP contribution is -2.27. The standard InChI is InChI=1S/C16H24N2O3/c1-16(2,3)21-15(20)18-13-10-6-5-8-12(13)9-7-11-14(19)17-4/h5-6,8,10H,7,9,11H2,1-4H3,(H,17,19)(H,18,20). The third-order valence-electron chi connectivity index (χ3n) is 2.78. The maximum atomic E-state index is 11.8. The minimum atomic E-state index is -0.530. The van der Waals surface area contributed by atoms with Gasteiger partial charge in [0, 0.05) is 19.2 Å². The number of anilines is 1. The van der Waals surface area contributed by atoms with Crippen molar-refractivity contribution in [2.75, 3.05) is 12.4 Å². The lowest BCUT2D eigenvalue weighted by atomic mass is 10.1. The van der Waals surface area contributed by atoms with E-state index >= 15 is 0 Å². The number of carbonyl (C=O) groups excluding carboxylic acids is 2. The summed E-state index contributed by atoms with van der Waals surface area (Å²) in [4.78, 5) is 23.0. The molecule has 0 bridgehead atoms. The first-order valence-electron chi connectivity index (χ1n) is 7.10. The van der Waals surface area contributed by atoms with E-state index < -0.39 is 11.7 Å². The van der Waals surface area contributed by atoms with Crippen LogP contribution in [0.3, 0.4) is 0 Å². The van der Waals surface area contributed by atoms with Crippen LogP contribution in [0.2, 0.25) is 0 Å². The van der Waals surface area contributed by atoms with E-state index in [1.54, 1.807) is 7.05 Å². The van der Waals surface area contributed by atoms with Crippen molar-refractivity contribution < 1.29 is 14.3 Å². The summed E-state index contributed by atoms with van der Waals surface area (Å²) in [7, 11) is 1.63. The van der Waals surface area contributed by atoms with Gasteiger partial charge in [-0.1, -0.05) is 18.2 Å². The lowest BCUT2D eigenvalue weighted by molar-refractivity contribution is -0.120. The molecule has 0 saturated carbocycles. The number of ether oxygens (including phenoxy) is 1. The predicted molar refractivity (Wildman–Crippen MR) is 83.3 cm³/mol. The molecule has 5 heteroatoms. The SMILES string of the molecule is CNC(=O)CCCc1ccccc1NC(=O)OC(C)(C)C. The largest absolute Gasteiger partial charge is 0.444 e. The van der Waals surface area contributed by atoms with Crippen molar-refractivity contribution in [1.82, 2.24) is 5.32 Å². The Morgan fingerprint density at radius 3 is 2.48 bits per heavy atom. The summed E-state index contributed by atoms with van der Waals surface area (Å²) in [5.74, 6) is 0.0209. The van der Waals surface area contributed by atoms with Crippen molar-refractivity contribution in [3.63, 3.8) is 0 Å². The summed E-state index contributed by atoms with van der Waals surface area (Å²) >= 11 is 0. The zero-order valence-electron chi connectivity index (χ0n) is 13.2. The number of nitrogens with one attached hydrogen (secondary N) is 2. The zero-order valence-corrected chi connectivity index (χ0v) is 13.2. The van der Waals surface area contributed by atoms with Gasteiger partial charge in [-0.2, -0.15) is 0 Å². The number of aryl methyl sites for hydroxylation is 1. The van der Waals surface area contributed by atoms with Crippen molar-refractivity contribution in [2.45, 2.75) is 45.6 Å². The monoisotopic (exact) mass is 292 g/mol. The molecule has 0 fully saturated rings. The van der Waals surface area contributed by atoms with Crippen LogP contribution in [0.25, 0.3) is 0 Å². The lowest BCUT2D eigenvalue weighted by Gasteiger charge is -2.20. The summed E-state index contributed by atoms with van der Waals surface area (Å²) in [5.41, 5.74) is 1.19. The van der Waals surface area contributed by atoms with Crippen molar-refractivity contribution in [2.24, 2.45) is 0 Å². The van der Waals surface area contributed by atoms with Gasteiger partial charge >= 0.3 is 6.09 Å². The first kappa shape index (κ1) is 17.0. The Labute approximate surface area is 126 Å². The Hall–Kier alpha value is -2.04. The van der Waals surface area contributed by atoms with Gasteiger partial charge in [0.15, 0.2) is 0 Å². The second-order valence-corrected chi connectivity index (χ2v) is 5.81. The highest BCUT2D eigenvalue weighted by Gasteiger charge is 2.17. The molecule has 0 aliphatic heterocycles. The molecule has 0 aromatic heterocycles. The highest BCUT2D eigenvalue weighted by molar-refractivity contribution is 5.86. The molecule has 0 saturated heterocycles. The fourth-order valence-corrected chi connectivity index (χ4v) is 1.84. The molecule has 1 aromatic carbocycles. The van der Waals surface area contributed by atoms with Crippen LogP contribution >= 0.6 is 0 Å². The zero-order chi connectivity index (χ0) is 15.9. The van der Waals surface area contributed by atoms with Gasteiger partial charge in [0.1, 0.15) is 5.60 Å². The van der Waals surface area contributed by atoms with Crippen molar-refractivity contribution >= 4 is 17.7 Å². The van der Waals surface area contributed by atoms with Gasteiger partial charge < -0.3 is 10.1 Å². The van der Waals surface area contributed by atoms with Gasteiger partial charge in [0.05, 0.1) is 0 Å². The van der Waals surface area contributed by atoms with Crippen LogP contribution in [-0.4, -0.2) is 24.6 Å². The Morgan fingerprint density at radius 2 is 1.86 bits per heavy atom. The molecule has 0 spiro atoms. The number of benzene rings is 1. The number of carbonyl (C=O) groups is 2. The Bertz CT molecular complexity index is 493. The molecule has 116 valence electrons. The molecule has 1 aromatic rings. The van der Waals surface area contributed by atoms with Gasteiger partial charge in [-0.3, -0.25) is 10.1 Å². The topological polar surface area (TPSA) is 67.4 Å². The molecule has 0 atom stereocenters. The summed E-state index contributed by atoms with van der Waals surface area (Å²) in [6, 6.07) is 7.54. The van der Waals surface area contributed by atoms with E-state index in [9.17, 15) is 9.59 Å². The average Bonchev–Trinajstić information content (AvgIpc) is 2.38. The van der Waals surface area contributed by atoms with Gasteiger partial charge in [-0.05, 0) is 45.2 Å². The van der Waals surface area contributed by atoms with Crippen LogP contribution in [0.15, 0.2) is 24.3 Å². The fourth-order valence-electron chi connectivity index (χ4n) is 1.84. The van der Waals surface area contributed by atoms with E-state index in [2.05, 4.69) is 10.6 Å². The maximum Gasteiger partial charge on any atom is 0.412 e. The van der Waals surface area contributed by atoms with Crippen LogP contribution in [-0.2, 0) is 16.0 Å². The van der Waals surface area contributed by atoms with E-state index in [0.717, 1.165) is 24.1 Å². The van der Waals surface area contributed by atoms with Crippen LogP contribution < -0.4 is 10.6 Å². The van der Waals surface area contributed by atoms with Gasteiger partial charge in [-0.25, -0.2) is 4.79 Å². The van der Waals surface area contributed by atoms with E-state index in [4.69, 9.17) is 4.74 Å². The molecule has 1 rings (SSSR count). The molecular weight excluding hydrogens is 268 g/mol. The number of amides is 2. The van der Waals surface area contributed by atoms with E-state index in [1.165, 1.54) is 0 Å². The van der Waals surface area contributed by atoms with Gasteiger partial charge in [0.2, 0.25) is 5.91 Å². The van der Waals surface area contributed by atoms with Crippen LogP contribution in [0.1, 0.15) is 39.2 Å². The smallest absolute Gasteiger partial charge is 0.412 e. The molecule has 0 heterocycles. The van der Waals surface area contributed by atoms with E-state index in [1.807, 2.05) is 45.0 Å². The molecule has 21 heavy (non-hydrogen) atoms. The number of rotatable bonds is 5. The van der Waals surface area contributed by atoms with E-state index in [0.29, 0.717) is 6.42 Å². The second-order valence-electron chi connectivity index (χ2n) is 5.81. The number of para-hydroxylation sites is 1. The third-order valence-corrected chi connectivity index (χ3v) is 2.78. The van der Waals surface area contributed by atoms with Crippen LogP contribution in [0, 0.1) is 0 Å². The van der Waals surface area contributed by atoms with Crippen molar-refractivity contribution in [3.05, 3.63) is 29.8 Å². The van der Waals surface area contributed by atoms with Crippen molar-refractivity contribution in [1.29, 1.82) is 0 Å².